The van der Waals surface area contributed by atoms with E-state index in [1.54, 1.807) is 20.8 Å². The average Bonchev–Trinajstić information content (AvgIpc) is 2.78. The number of benzene rings is 1. The van der Waals surface area contributed by atoms with Crippen molar-refractivity contribution < 1.29 is 28.6 Å². The van der Waals surface area contributed by atoms with Crippen molar-refractivity contribution in [2.45, 2.75) is 39.3 Å². The third-order valence-corrected chi connectivity index (χ3v) is 5.74. The van der Waals surface area contributed by atoms with Crippen LogP contribution in [0.4, 0.5) is 9.18 Å². The van der Waals surface area contributed by atoms with Gasteiger partial charge in [0.2, 0.25) is 0 Å². The molecule has 2 heterocycles. The van der Waals surface area contributed by atoms with Gasteiger partial charge in [-0.05, 0) is 50.5 Å². The number of nitrogens with zero attached hydrogens (tertiary/aromatic N) is 2. The average molecular weight is 523 g/mol. The van der Waals surface area contributed by atoms with E-state index in [0.29, 0.717) is 5.56 Å². The summed E-state index contributed by atoms with van der Waals surface area (Å²) in [7, 11) is 1.52. The molecule has 0 bridgehead atoms. The highest BCUT2D eigenvalue weighted by Gasteiger charge is 2.33. The van der Waals surface area contributed by atoms with Crippen LogP contribution in [-0.2, 0) is 17.7 Å². The predicted octanol–water partition coefficient (Wildman–Crippen LogP) is 2.67. The lowest BCUT2D eigenvalue weighted by Gasteiger charge is -2.30. The highest BCUT2D eigenvalue weighted by atomic mass is 35.5. The Balaban J connectivity index is 1.74. The van der Waals surface area contributed by atoms with Crippen molar-refractivity contribution in [3.05, 3.63) is 61.8 Å². The van der Waals surface area contributed by atoms with Crippen molar-refractivity contribution in [1.29, 1.82) is 0 Å². The number of fused-ring (bicyclic) bond motifs is 1. The number of H-pyrrole nitrogens is 1. The van der Waals surface area contributed by atoms with Crippen molar-refractivity contribution in [2.24, 2.45) is 0 Å². The van der Waals surface area contributed by atoms with Crippen LogP contribution in [-0.4, -0.2) is 70.1 Å². The quantitative estimate of drug-likeness (QED) is 0.534. The van der Waals surface area contributed by atoms with E-state index in [9.17, 15) is 28.7 Å². The molecule has 194 valence electrons. The van der Waals surface area contributed by atoms with Crippen LogP contribution < -0.4 is 10.9 Å². The molecule has 36 heavy (non-hydrogen) atoms. The van der Waals surface area contributed by atoms with Crippen molar-refractivity contribution in [2.75, 3.05) is 26.7 Å². The number of aromatic amines is 1. The summed E-state index contributed by atoms with van der Waals surface area (Å²) in [6, 6.07) is 4.06. The normalized spacial score (nSPS) is 13.3. The standard InChI is InChI=1S/C24H28ClFN4O6/c1-24(2,3)36-23(35)29(4)10-8-27-20(32)18-14-7-9-30(12-13-5-6-16(26)15(25)11-13)22(34)17(14)19(31)21(33)28-18/h5-6,11,31H,7-10,12H2,1-4H3,(H,27,32)(H,28,33). The molecule has 0 fully saturated rings. The van der Waals surface area contributed by atoms with E-state index in [1.807, 2.05) is 0 Å². The van der Waals surface area contributed by atoms with E-state index < -0.39 is 40.6 Å². The predicted molar refractivity (Wildman–Crippen MR) is 130 cm³/mol. The van der Waals surface area contributed by atoms with Crippen LogP contribution in [0.5, 0.6) is 5.75 Å². The van der Waals surface area contributed by atoms with Crippen LogP contribution in [0.25, 0.3) is 0 Å². The van der Waals surface area contributed by atoms with E-state index in [-0.39, 0.29) is 54.4 Å². The highest BCUT2D eigenvalue weighted by Crippen LogP contribution is 2.28. The Bertz CT molecular complexity index is 1260. The van der Waals surface area contributed by atoms with Crippen LogP contribution in [0.2, 0.25) is 5.02 Å². The second-order valence-electron chi connectivity index (χ2n) is 9.41. The number of aromatic hydroxyl groups is 1. The maximum atomic E-state index is 13.5. The number of hydrogen-bond donors (Lipinski definition) is 3. The van der Waals surface area contributed by atoms with Gasteiger partial charge in [0.1, 0.15) is 17.1 Å². The molecule has 1 aromatic carbocycles. The monoisotopic (exact) mass is 522 g/mol. The van der Waals surface area contributed by atoms with Gasteiger partial charge in [0.15, 0.2) is 5.75 Å². The fourth-order valence-electron chi connectivity index (χ4n) is 3.68. The molecule has 0 saturated heterocycles. The van der Waals surface area contributed by atoms with Gasteiger partial charge in [0.25, 0.3) is 17.4 Å². The topological polar surface area (TPSA) is 132 Å². The summed E-state index contributed by atoms with van der Waals surface area (Å²) in [5.41, 5.74) is -1.26. The fraction of sp³-hybridized carbons (Fsp3) is 0.417. The molecule has 3 amide bonds. The van der Waals surface area contributed by atoms with Crippen LogP contribution in [0.15, 0.2) is 23.0 Å². The van der Waals surface area contributed by atoms with E-state index >= 15 is 0 Å². The zero-order valence-electron chi connectivity index (χ0n) is 20.4. The maximum Gasteiger partial charge on any atom is 0.410 e. The van der Waals surface area contributed by atoms with Crippen molar-refractivity contribution in [3.63, 3.8) is 0 Å². The van der Waals surface area contributed by atoms with Gasteiger partial charge >= 0.3 is 6.09 Å². The van der Waals surface area contributed by atoms with E-state index in [4.69, 9.17) is 16.3 Å². The first-order valence-electron chi connectivity index (χ1n) is 11.2. The number of likely N-dealkylation sites (N-methyl/N-ethyl adjacent to an activating group) is 1. The number of carbonyl (C=O) groups excluding carboxylic acids is 3. The molecule has 10 nitrogen and oxygen atoms in total. The lowest BCUT2D eigenvalue weighted by Crippen LogP contribution is -2.42. The van der Waals surface area contributed by atoms with Gasteiger partial charge < -0.3 is 29.9 Å². The van der Waals surface area contributed by atoms with Crippen LogP contribution >= 0.6 is 11.6 Å². The molecule has 3 rings (SSSR count). The van der Waals surface area contributed by atoms with Gasteiger partial charge in [0, 0.05) is 33.2 Å². The number of nitrogens with one attached hydrogen (secondary N) is 2. The Morgan fingerprint density at radius 2 is 2.00 bits per heavy atom. The fourth-order valence-corrected chi connectivity index (χ4v) is 3.88. The second-order valence-corrected chi connectivity index (χ2v) is 9.82. The number of aromatic nitrogens is 1. The summed E-state index contributed by atoms with van der Waals surface area (Å²) < 4.78 is 18.7. The molecule has 12 heteroatoms. The first kappa shape index (κ1) is 27.0. The van der Waals surface area contributed by atoms with Gasteiger partial charge in [-0.2, -0.15) is 0 Å². The summed E-state index contributed by atoms with van der Waals surface area (Å²) >= 11 is 5.82. The summed E-state index contributed by atoms with van der Waals surface area (Å²) in [5.74, 6) is -2.67. The molecule has 0 saturated carbocycles. The summed E-state index contributed by atoms with van der Waals surface area (Å²) in [6.45, 7) is 5.67. The smallest absolute Gasteiger partial charge is 0.410 e. The van der Waals surface area contributed by atoms with Crippen LogP contribution in [0.3, 0.4) is 0 Å². The number of pyridine rings is 1. The Morgan fingerprint density at radius 1 is 1.31 bits per heavy atom. The van der Waals surface area contributed by atoms with Crippen molar-refractivity contribution in [1.82, 2.24) is 20.1 Å². The minimum atomic E-state index is -0.982. The Kier molecular flexibility index (Phi) is 7.92. The number of rotatable bonds is 6. The summed E-state index contributed by atoms with van der Waals surface area (Å²) in [5, 5.41) is 12.9. The maximum absolute atomic E-state index is 13.5. The van der Waals surface area contributed by atoms with Gasteiger partial charge in [-0.15, -0.1) is 0 Å². The molecule has 0 radical (unpaired) electrons. The van der Waals surface area contributed by atoms with E-state index in [2.05, 4.69) is 10.3 Å². The summed E-state index contributed by atoms with van der Waals surface area (Å²) in [4.78, 5) is 55.4. The first-order chi connectivity index (χ1) is 16.8. The Labute approximate surface area is 212 Å². The molecule has 0 atom stereocenters. The molecule has 3 N–H and O–H groups in total. The Morgan fingerprint density at radius 3 is 2.64 bits per heavy atom. The van der Waals surface area contributed by atoms with Gasteiger partial charge in [-0.25, -0.2) is 9.18 Å². The van der Waals surface area contributed by atoms with Gasteiger partial charge in [-0.1, -0.05) is 17.7 Å². The highest BCUT2D eigenvalue weighted by molar-refractivity contribution is 6.30. The van der Waals surface area contributed by atoms with E-state index in [1.165, 1.54) is 35.0 Å². The second kappa shape index (κ2) is 10.6. The lowest BCUT2D eigenvalue weighted by atomic mass is 9.96. The molecular formula is C24H28ClFN4O6. The third kappa shape index (κ3) is 6.14. The number of carbonyl (C=O) groups is 3. The SMILES string of the molecule is CN(CCNC(=O)c1[nH]c(=O)c(O)c2c1CCN(Cc1ccc(F)c(Cl)c1)C2=O)C(=O)OC(C)(C)C. The number of amides is 3. The largest absolute Gasteiger partial charge is 0.502 e. The Hall–Kier alpha value is -3.60. The summed E-state index contributed by atoms with van der Waals surface area (Å²) in [6.07, 6.45) is -0.374. The number of hydrogen-bond acceptors (Lipinski definition) is 6. The zero-order chi connectivity index (χ0) is 26.8. The molecule has 0 unspecified atom stereocenters. The zero-order valence-corrected chi connectivity index (χ0v) is 21.2. The molecule has 1 aromatic heterocycles. The number of halogens is 2. The molecule has 0 aliphatic carbocycles. The first-order valence-corrected chi connectivity index (χ1v) is 11.6. The number of ether oxygens (including phenoxy) is 1. The van der Waals surface area contributed by atoms with Crippen LogP contribution in [0.1, 0.15) is 52.7 Å². The molecule has 2 aromatic rings. The molecule has 1 aliphatic rings. The van der Waals surface area contributed by atoms with Gasteiger partial charge in [0.05, 0.1) is 10.6 Å². The van der Waals surface area contributed by atoms with E-state index in [0.717, 1.165) is 0 Å². The minimum absolute atomic E-state index is 0.0532. The molecular weight excluding hydrogens is 495 g/mol. The third-order valence-electron chi connectivity index (χ3n) is 5.45. The minimum Gasteiger partial charge on any atom is -0.502 e. The van der Waals surface area contributed by atoms with Crippen molar-refractivity contribution in [3.8, 4) is 5.75 Å². The van der Waals surface area contributed by atoms with Crippen LogP contribution in [0, 0.1) is 5.82 Å². The lowest BCUT2D eigenvalue weighted by molar-refractivity contribution is 0.0299. The van der Waals surface area contributed by atoms with Crippen molar-refractivity contribution >= 4 is 29.5 Å². The molecule has 1 aliphatic heterocycles. The van der Waals surface area contributed by atoms with Gasteiger partial charge in [-0.3, -0.25) is 14.4 Å². The molecule has 0 spiro atoms.